The molecule has 0 bridgehead atoms. The van der Waals surface area contributed by atoms with Gasteiger partial charge in [-0.25, -0.2) is 12.7 Å². The van der Waals surface area contributed by atoms with Crippen molar-refractivity contribution in [1.82, 2.24) is 19.4 Å². The minimum absolute atomic E-state index is 0. The number of sulfonamides is 1. The van der Waals surface area contributed by atoms with Crippen molar-refractivity contribution in [3.8, 4) is 0 Å². The number of piperazine rings is 1. The molecule has 0 aromatic rings. The Kier molecular flexibility index (Phi) is 9.74. The summed E-state index contributed by atoms with van der Waals surface area (Å²) < 4.78 is 63.3. The zero-order valence-electron chi connectivity index (χ0n) is 16.6. The maximum atomic E-state index is 12.9. The van der Waals surface area contributed by atoms with Gasteiger partial charge in [0.2, 0.25) is 10.0 Å². The summed E-state index contributed by atoms with van der Waals surface area (Å²) in [5.74, 6) is 0.856. The van der Waals surface area contributed by atoms with Crippen molar-refractivity contribution in [3.63, 3.8) is 0 Å². The van der Waals surface area contributed by atoms with Gasteiger partial charge in [-0.15, -0.1) is 24.0 Å². The van der Waals surface area contributed by atoms with E-state index in [1.165, 1.54) is 22.4 Å². The van der Waals surface area contributed by atoms with Crippen molar-refractivity contribution in [2.75, 3.05) is 58.6 Å². The highest BCUT2D eigenvalue weighted by molar-refractivity contribution is 14.0. The van der Waals surface area contributed by atoms with Gasteiger partial charge in [0, 0.05) is 52.4 Å². The second-order valence-electron chi connectivity index (χ2n) is 7.21. The second-order valence-corrected chi connectivity index (χ2v) is 9.19. The Balaban J connectivity index is 0.00000392. The summed E-state index contributed by atoms with van der Waals surface area (Å²) in [7, 11) is -3.17. The second kappa shape index (κ2) is 10.6. The van der Waals surface area contributed by atoms with Crippen molar-refractivity contribution in [2.45, 2.75) is 32.5 Å². The lowest BCUT2D eigenvalue weighted by Gasteiger charge is -2.39. The summed E-state index contributed by atoms with van der Waals surface area (Å²) in [6, 6.07) is -1.44. The van der Waals surface area contributed by atoms with Gasteiger partial charge in [-0.2, -0.15) is 13.2 Å². The predicted molar refractivity (Wildman–Crippen MR) is 115 cm³/mol. The zero-order valence-corrected chi connectivity index (χ0v) is 19.7. The molecule has 0 amide bonds. The molecule has 2 saturated heterocycles. The van der Waals surface area contributed by atoms with Crippen LogP contribution in [0.4, 0.5) is 13.2 Å². The third kappa shape index (κ3) is 7.17. The van der Waals surface area contributed by atoms with Crippen LogP contribution in [-0.2, 0) is 10.0 Å². The van der Waals surface area contributed by atoms with Crippen LogP contribution in [0.3, 0.4) is 0 Å². The number of rotatable bonds is 5. The Morgan fingerprint density at radius 2 is 1.82 bits per heavy atom. The fraction of sp³-hybridized carbons (Fsp3) is 0.938. The number of hydrogen-bond donors (Lipinski definition) is 1. The van der Waals surface area contributed by atoms with Crippen LogP contribution in [0.15, 0.2) is 4.99 Å². The van der Waals surface area contributed by atoms with Gasteiger partial charge < -0.3 is 10.2 Å². The molecule has 0 radical (unpaired) electrons. The molecule has 0 aliphatic carbocycles. The predicted octanol–water partition coefficient (Wildman–Crippen LogP) is 1.42. The van der Waals surface area contributed by atoms with Gasteiger partial charge in [-0.05, 0) is 26.2 Å². The maximum absolute atomic E-state index is 12.9. The van der Waals surface area contributed by atoms with E-state index in [4.69, 9.17) is 0 Å². The number of guanidine groups is 1. The quantitative estimate of drug-likeness (QED) is 0.324. The first-order chi connectivity index (χ1) is 12.5. The molecule has 0 saturated carbocycles. The first kappa shape index (κ1) is 25.7. The SMILES string of the molecule is CCNC(=NCC1CCN(S(C)(=O)=O)C1)N1CCN(C(C)C(F)(F)F)CC1.I. The highest BCUT2D eigenvalue weighted by Crippen LogP contribution is 2.25. The fourth-order valence-corrected chi connectivity index (χ4v) is 4.34. The van der Waals surface area contributed by atoms with Gasteiger partial charge in [-0.1, -0.05) is 0 Å². The molecule has 2 heterocycles. The van der Waals surface area contributed by atoms with E-state index in [1.54, 1.807) is 0 Å². The number of halogens is 4. The van der Waals surface area contributed by atoms with E-state index >= 15 is 0 Å². The molecule has 1 N–H and O–H groups in total. The molecule has 2 atom stereocenters. The average Bonchev–Trinajstić information content (AvgIpc) is 3.07. The molecular formula is C16H31F3IN5O2S. The molecule has 7 nitrogen and oxygen atoms in total. The topological polar surface area (TPSA) is 68.2 Å². The number of hydrogen-bond acceptors (Lipinski definition) is 4. The Morgan fingerprint density at radius 3 is 2.29 bits per heavy atom. The summed E-state index contributed by atoms with van der Waals surface area (Å²) in [4.78, 5) is 8.05. The molecule has 2 aliphatic rings. The van der Waals surface area contributed by atoms with Crippen LogP contribution in [0.5, 0.6) is 0 Å². The van der Waals surface area contributed by atoms with Crippen LogP contribution in [0, 0.1) is 5.92 Å². The Bertz CT molecular complexity index is 624. The van der Waals surface area contributed by atoms with Crippen molar-refractivity contribution >= 4 is 40.0 Å². The third-order valence-electron chi connectivity index (χ3n) is 5.19. The van der Waals surface area contributed by atoms with Crippen molar-refractivity contribution in [2.24, 2.45) is 10.9 Å². The molecule has 0 spiro atoms. The molecule has 12 heteroatoms. The van der Waals surface area contributed by atoms with E-state index in [0.29, 0.717) is 58.3 Å². The van der Waals surface area contributed by atoms with Crippen LogP contribution >= 0.6 is 24.0 Å². The van der Waals surface area contributed by atoms with Crippen molar-refractivity contribution in [3.05, 3.63) is 0 Å². The third-order valence-corrected chi connectivity index (χ3v) is 6.46. The van der Waals surface area contributed by atoms with Gasteiger partial charge in [0.05, 0.1) is 6.26 Å². The number of aliphatic imine (C=N–C) groups is 1. The Hall–Kier alpha value is -0.340. The molecule has 2 unspecified atom stereocenters. The van der Waals surface area contributed by atoms with E-state index in [0.717, 1.165) is 6.42 Å². The Labute approximate surface area is 182 Å². The minimum atomic E-state index is -4.21. The van der Waals surface area contributed by atoms with E-state index in [9.17, 15) is 21.6 Å². The summed E-state index contributed by atoms with van der Waals surface area (Å²) in [6.07, 6.45) is -2.23. The summed E-state index contributed by atoms with van der Waals surface area (Å²) in [5, 5.41) is 3.20. The van der Waals surface area contributed by atoms with Crippen LogP contribution in [0.25, 0.3) is 0 Å². The highest BCUT2D eigenvalue weighted by atomic mass is 127. The molecular weight excluding hydrogens is 510 g/mol. The van der Waals surface area contributed by atoms with E-state index in [-0.39, 0.29) is 29.9 Å². The molecule has 2 rings (SSSR count). The van der Waals surface area contributed by atoms with Crippen LogP contribution in [-0.4, -0.2) is 99.3 Å². The number of nitrogens with zero attached hydrogens (tertiary/aromatic N) is 4. The maximum Gasteiger partial charge on any atom is 0.403 e. The molecule has 0 aromatic heterocycles. The van der Waals surface area contributed by atoms with Gasteiger partial charge >= 0.3 is 6.18 Å². The van der Waals surface area contributed by atoms with Crippen molar-refractivity contribution < 1.29 is 21.6 Å². The molecule has 28 heavy (non-hydrogen) atoms. The van der Waals surface area contributed by atoms with Crippen molar-refractivity contribution in [1.29, 1.82) is 0 Å². The van der Waals surface area contributed by atoms with Crippen LogP contribution < -0.4 is 5.32 Å². The van der Waals surface area contributed by atoms with Gasteiger partial charge in [0.25, 0.3) is 0 Å². The van der Waals surface area contributed by atoms with Crippen LogP contribution in [0.2, 0.25) is 0 Å². The molecule has 2 fully saturated rings. The number of alkyl halides is 3. The van der Waals surface area contributed by atoms with Gasteiger partial charge in [-0.3, -0.25) is 9.89 Å². The average molecular weight is 541 g/mol. The summed E-state index contributed by atoms with van der Waals surface area (Å²) in [5.41, 5.74) is 0. The normalized spacial score (nSPS) is 24.1. The smallest absolute Gasteiger partial charge is 0.357 e. The first-order valence-electron chi connectivity index (χ1n) is 9.31. The largest absolute Gasteiger partial charge is 0.403 e. The monoisotopic (exact) mass is 541 g/mol. The summed E-state index contributed by atoms with van der Waals surface area (Å²) >= 11 is 0. The lowest BCUT2D eigenvalue weighted by atomic mass is 10.1. The van der Waals surface area contributed by atoms with Gasteiger partial charge in [0.1, 0.15) is 6.04 Å². The standard InChI is InChI=1S/C16H30F3N5O2S.HI/c1-4-20-15(21-11-14-5-6-24(12-14)27(3,25)26)23-9-7-22(8-10-23)13(2)16(17,18)19;/h13-14H,4-12H2,1-3H3,(H,20,21);1H. The molecule has 166 valence electrons. The number of nitrogens with one attached hydrogen (secondary N) is 1. The lowest BCUT2D eigenvalue weighted by molar-refractivity contribution is -0.181. The fourth-order valence-electron chi connectivity index (χ4n) is 3.42. The van der Waals surface area contributed by atoms with E-state index < -0.39 is 22.2 Å². The first-order valence-corrected chi connectivity index (χ1v) is 11.2. The molecule has 0 aromatic carbocycles. The lowest BCUT2D eigenvalue weighted by Crippen LogP contribution is -2.56. The minimum Gasteiger partial charge on any atom is -0.357 e. The van der Waals surface area contributed by atoms with E-state index in [1.807, 2.05) is 11.8 Å². The summed E-state index contributed by atoms with van der Waals surface area (Å²) in [6.45, 7) is 6.92. The highest BCUT2D eigenvalue weighted by Gasteiger charge is 2.41. The van der Waals surface area contributed by atoms with Gasteiger partial charge in [0.15, 0.2) is 5.96 Å². The Morgan fingerprint density at radius 1 is 1.21 bits per heavy atom. The van der Waals surface area contributed by atoms with E-state index in [2.05, 4.69) is 10.3 Å². The molecule has 2 aliphatic heterocycles. The zero-order chi connectivity index (χ0) is 20.2. The van der Waals surface area contributed by atoms with Crippen LogP contribution in [0.1, 0.15) is 20.3 Å².